The molecule has 0 saturated carbocycles. The Morgan fingerprint density at radius 2 is 1.04 bits per heavy atom. The molecule has 8 aromatic rings. The summed E-state index contributed by atoms with van der Waals surface area (Å²) in [5.74, 6) is -0.0210. The molecule has 1 aliphatic rings. The first-order valence-corrected chi connectivity index (χ1v) is 16.6. The second-order valence-corrected chi connectivity index (χ2v) is 12.6. The second kappa shape index (κ2) is 11.5. The molecule has 0 bridgehead atoms. The summed E-state index contributed by atoms with van der Waals surface area (Å²) in [6, 6.07) is 52.3. The highest BCUT2D eigenvalue weighted by molar-refractivity contribution is 6.12. The largest absolute Gasteiger partial charge is 0.309 e. The number of aromatic nitrogens is 2. The number of nitrogens with zero attached hydrogens (tertiary/aromatic N) is 5. The highest BCUT2D eigenvalue weighted by atomic mass is 15.0. The minimum Gasteiger partial charge on any atom is -0.309 e. The van der Waals surface area contributed by atoms with Crippen LogP contribution >= 0.6 is 0 Å². The highest BCUT2D eigenvalue weighted by Crippen LogP contribution is 2.43. The number of allylic oxidation sites excluding steroid dienone is 4. The zero-order valence-electron chi connectivity index (χ0n) is 26.9. The fourth-order valence-electron chi connectivity index (χ4n) is 7.79. The van der Waals surface area contributed by atoms with E-state index in [9.17, 15) is 15.8 Å². The molecule has 1 unspecified atom stereocenters. The van der Waals surface area contributed by atoms with Crippen LogP contribution in [0.1, 0.15) is 29.0 Å². The molecule has 9 rings (SSSR count). The van der Waals surface area contributed by atoms with E-state index in [2.05, 4.69) is 118 Å². The Hall–Kier alpha value is -7.13. The number of hydrogen-bond acceptors (Lipinski definition) is 3. The minimum atomic E-state index is -0.0210. The number of nitriles is 3. The molecule has 0 aliphatic heterocycles. The topological polar surface area (TPSA) is 81.2 Å². The molecule has 0 spiro atoms. The van der Waals surface area contributed by atoms with Crippen molar-refractivity contribution in [3.63, 3.8) is 0 Å². The predicted molar refractivity (Wildman–Crippen MR) is 200 cm³/mol. The molecule has 0 radical (unpaired) electrons. The van der Waals surface area contributed by atoms with Crippen LogP contribution in [0.2, 0.25) is 0 Å². The molecule has 6 aromatic carbocycles. The Labute approximate surface area is 288 Å². The molecule has 0 amide bonds. The van der Waals surface area contributed by atoms with Gasteiger partial charge in [0.2, 0.25) is 0 Å². The molecule has 5 nitrogen and oxygen atoms in total. The van der Waals surface area contributed by atoms with E-state index in [1.54, 1.807) is 0 Å². The van der Waals surface area contributed by atoms with Gasteiger partial charge in [-0.2, -0.15) is 15.8 Å². The molecule has 1 atom stereocenters. The standard InChI is InChI=1S/C45H27N5/c46-26-29-17-20-44-38(23-29)36-12-4-7-15-42(36)49(44)40-22-19-31(25-32(40)28-48)33-9-1-2-10-34(33)35-11-3-6-14-41(35)50-43-16-8-5-13-37(43)39-24-30(27-47)18-21-45(39)50/h1-24,31H,25H2. The Kier molecular flexibility index (Phi) is 6.70. The van der Waals surface area contributed by atoms with Gasteiger partial charge in [0, 0.05) is 33.0 Å². The van der Waals surface area contributed by atoms with E-state index in [-0.39, 0.29) is 5.92 Å². The molecule has 232 valence electrons. The van der Waals surface area contributed by atoms with E-state index in [1.165, 1.54) is 0 Å². The first-order valence-electron chi connectivity index (χ1n) is 16.6. The molecular formula is C45H27N5. The van der Waals surface area contributed by atoms with E-state index in [0.717, 1.165) is 71.7 Å². The molecule has 5 heteroatoms. The van der Waals surface area contributed by atoms with E-state index in [0.29, 0.717) is 23.1 Å². The molecule has 0 fully saturated rings. The first-order chi connectivity index (χ1) is 24.7. The number of para-hydroxylation sites is 3. The lowest BCUT2D eigenvalue weighted by atomic mass is 9.83. The van der Waals surface area contributed by atoms with Crippen molar-refractivity contribution in [3.05, 3.63) is 168 Å². The third-order valence-corrected chi connectivity index (χ3v) is 9.99. The van der Waals surface area contributed by atoms with E-state index in [1.807, 2.05) is 54.6 Å². The van der Waals surface area contributed by atoms with Crippen LogP contribution in [0, 0.1) is 34.0 Å². The maximum Gasteiger partial charge on any atom is 0.0991 e. The quantitative estimate of drug-likeness (QED) is 0.193. The highest BCUT2D eigenvalue weighted by Gasteiger charge is 2.25. The van der Waals surface area contributed by atoms with Crippen molar-refractivity contribution < 1.29 is 0 Å². The number of rotatable bonds is 4. The summed E-state index contributed by atoms with van der Waals surface area (Å²) in [7, 11) is 0. The Morgan fingerprint density at radius 3 is 1.70 bits per heavy atom. The summed E-state index contributed by atoms with van der Waals surface area (Å²) in [6.45, 7) is 0. The van der Waals surface area contributed by atoms with Crippen LogP contribution in [0.3, 0.4) is 0 Å². The van der Waals surface area contributed by atoms with E-state index < -0.39 is 0 Å². The van der Waals surface area contributed by atoms with Crippen LogP contribution in [-0.4, -0.2) is 9.13 Å². The van der Waals surface area contributed by atoms with Crippen LogP contribution in [0.15, 0.2) is 151 Å². The molecule has 0 N–H and O–H groups in total. The minimum absolute atomic E-state index is 0.0210. The lowest BCUT2D eigenvalue weighted by Gasteiger charge is -2.24. The summed E-state index contributed by atoms with van der Waals surface area (Å²) in [5.41, 5.74) is 11.3. The Morgan fingerprint density at radius 1 is 0.500 bits per heavy atom. The zero-order valence-corrected chi connectivity index (χ0v) is 26.9. The van der Waals surface area contributed by atoms with Crippen molar-refractivity contribution in [1.29, 1.82) is 15.8 Å². The summed E-state index contributed by atoms with van der Waals surface area (Å²) < 4.78 is 4.46. The number of hydrogen-bond donors (Lipinski definition) is 0. The monoisotopic (exact) mass is 637 g/mol. The lowest BCUT2D eigenvalue weighted by molar-refractivity contribution is 0.829. The fraction of sp³-hybridized carbons (Fsp3) is 0.0444. The Balaban J connectivity index is 1.18. The van der Waals surface area contributed by atoms with Crippen molar-refractivity contribution in [2.24, 2.45) is 0 Å². The summed E-state index contributed by atoms with van der Waals surface area (Å²) in [6.07, 6.45) is 4.88. The summed E-state index contributed by atoms with van der Waals surface area (Å²) in [5, 5.41) is 34.1. The fourth-order valence-corrected chi connectivity index (χ4v) is 7.79. The normalized spacial score (nSPS) is 14.3. The van der Waals surface area contributed by atoms with Gasteiger partial charge in [-0.3, -0.25) is 0 Å². The van der Waals surface area contributed by atoms with Gasteiger partial charge in [-0.05, 0) is 78.2 Å². The van der Waals surface area contributed by atoms with Crippen molar-refractivity contribution in [2.75, 3.05) is 0 Å². The van der Waals surface area contributed by atoms with Gasteiger partial charge in [-0.25, -0.2) is 0 Å². The zero-order chi connectivity index (χ0) is 33.8. The average Bonchev–Trinajstić information content (AvgIpc) is 3.69. The van der Waals surface area contributed by atoms with Crippen LogP contribution in [0.25, 0.3) is 66.1 Å². The van der Waals surface area contributed by atoms with Crippen LogP contribution in [-0.2, 0) is 0 Å². The Bertz CT molecular complexity index is 2890. The van der Waals surface area contributed by atoms with E-state index >= 15 is 0 Å². The second-order valence-electron chi connectivity index (χ2n) is 12.6. The van der Waals surface area contributed by atoms with Gasteiger partial charge in [0.1, 0.15) is 0 Å². The van der Waals surface area contributed by atoms with E-state index in [4.69, 9.17) is 0 Å². The molecular weight excluding hydrogens is 611 g/mol. The van der Waals surface area contributed by atoms with Crippen molar-refractivity contribution in [3.8, 4) is 35.0 Å². The van der Waals surface area contributed by atoms with Crippen molar-refractivity contribution >= 4 is 49.3 Å². The van der Waals surface area contributed by atoms with Gasteiger partial charge in [0.25, 0.3) is 0 Å². The molecule has 0 saturated heterocycles. The summed E-state index contributed by atoms with van der Waals surface area (Å²) >= 11 is 0. The van der Waals surface area contributed by atoms with Gasteiger partial charge in [-0.1, -0.05) is 84.9 Å². The smallest absolute Gasteiger partial charge is 0.0991 e. The van der Waals surface area contributed by atoms with Gasteiger partial charge >= 0.3 is 0 Å². The van der Waals surface area contributed by atoms with Crippen molar-refractivity contribution in [1.82, 2.24) is 9.13 Å². The van der Waals surface area contributed by atoms with Crippen molar-refractivity contribution in [2.45, 2.75) is 12.3 Å². The number of benzene rings is 6. The first kappa shape index (κ1) is 29.0. The number of fused-ring (bicyclic) bond motifs is 6. The third kappa shape index (κ3) is 4.37. The average molecular weight is 638 g/mol. The van der Waals surface area contributed by atoms with Crippen LogP contribution < -0.4 is 0 Å². The molecule has 50 heavy (non-hydrogen) atoms. The van der Waals surface area contributed by atoms with Crippen LogP contribution in [0.5, 0.6) is 0 Å². The van der Waals surface area contributed by atoms with Gasteiger partial charge in [0.15, 0.2) is 0 Å². The third-order valence-electron chi connectivity index (χ3n) is 9.99. The maximum absolute atomic E-state index is 10.6. The predicted octanol–water partition coefficient (Wildman–Crippen LogP) is 10.8. The van der Waals surface area contributed by atoms with Gasteiger partial charge in [-0.15, -0.1) is 0 Å². The molecule has 2 heterocycles. The summed E-state index contributed by atoms with van der Waals surface area (Å²) in [4.78, 5) is 0. The van der Waals surface area contributed by atoms with Gasteiger partial charge < -0.3 is 9.13 Å². The SMILES string of the molecule is N#CC1=C(n2c3ccccc3c3cc(C#N)ccc32)C=CC(c2ccccc2-c2ccccc2-n2c3ccccc3c3cc(C#N)ccc32)C1. The molecule has 2 aromatic heterocycles. The maximum atomic E-state index is 10.6. The van der Waals surface area contributed by atoms with Gasteiger partial charge in [0.05, 0.1) is 68.4 Å². The molecule has 1 aliphatic carbocycles. The van der Waals surface area contributed by atoms with Crippen LogP contribution in [0.4, 0.5) is 0 Å². The lowest BCUT2D eigenvalue weighted by Crippen LogP contribution is -2.09.